The van der Waals surface area contributed by atoms with Crippen molar-refractivity contribution in [1.29, 1.82) is 0 Å². The van der Waals surface area contributed by atoms with E-state index < -0.39 is 0 Å². The summed E-state index contributed by atoms with van der Waals surface area (Å²) in [6, 6.07) is 1.45. The molecule has 0 bridgehead atoms. The van der Waals surface area contributed by atoms with Gasteiger partial charge in [0, 0.05) is 5.56 Å². The van der Waals surface area contributed by atoms with Crippen LogP contribution in [-0.4, -0.2) is 11.9 Å². The average Bonchev–Trinajstić information content (AvgIpc) is 2.51. The molecule has 3 heteroatoms. The summed E-state index contributed by atoms with van der Waals surface area (Å²) in [7, 11) is 0. The minimum atomic E-state index is -0.281. The van der Waals surface area contributed by atoms with E-state index in [0.717, 1.165) is 5.56 Å². The summed E-state index contributed by atoms with van der Waals surface area (Å²) in [6.07, 6.45) is 6.59. The first-order chi connectivity index (χ1) is 6.15. The third-order valence-corrected chi connectivity index (χ3v) is 1.67. The van der Waals surface area contributed by atoms with Crippen LogP contribution in [0.25, 0.3) is 0 Å². The molecule has 0 aliphatic carbocycles. The standard InChI is InChI=1S/C10H11NO2/c1-4-8(3)11-10(12)9-7(2)5-6-13-9/h1,5-6,8H,2-3H3,(H,11,12). The van der Waals surface area contributed by atoms with Crippen LogP contribution in [0.1, 0.15) is 23.0 Å². The zero-order chi connectivity index (χ0) is 9.84. The number of aryl methyl sites for hydroxylation is 1. The maximum absolute atomic E-state index is 11.4. The lowest BCUT2D eigenvalue weighted by Crippen LogP contribution is -2.31. The summed E-state index contributed by atoms with van der Waals surface area (Å²) in [4.78, 5) is 11.4. The van der Waals surface area contributed by atoms with Crippen molar-refractivity contribution < 1.29 is 9.21 Å². The number of amides is 1. The Morgan fingerprint density at radius 1 is 1.77 bits per heavy atom. The fraction of sp³-hybridized carbons (Fsp3) is 0.300. The monoisotopic (exact) mass is 177 g/mol. The van der Waals surface area contributed by atoms with Gasteiger partial charge in [-0.3, -0.25) is 4.79 Å². The Bertz CT molecular complexity index is 346. The summed E-state index contributed by atoms with van der Waals surface area (Å²) < 4.78 is 4.99. The second-order valence-corrected chi connectivity index (χ2v) is 2.79. The number of carbonyl (C=O) groups is 1. The van der Waals surface area contributed by atoms with Crippen molar-refractivity contribution >= 4 is 5.91 Å². The van der Waals surface area contributed by atoms with E-state index in [-0.39, 0.29) is 11.9 Å². The highest BCUT2D eigenvalue weighted by atomic mass is 16.3. The van der Waals surface area contributed by atoms with Crippen LogP contribution in [0.15, 0.2) is 16.7 Å². The van der Waals surface area contributed by atoms with E-state index in [1.165, 1.54) is 6.26 Å². The molecule has 0 fully saturated rings. The van der Waals surface area contributed by atoms with Crippen molar-refractivity contribution in [3.8, 4) is 12.3 Å². The van der Waals surface area contributed by atoms with Crippen LogP contribution in [0.2, 0.25) is 0 Å². The van der Waals surface area contributed by atoms with E-state index in [1.54, 1.807) is 19.9 Å². The van der Waals surface area contributed by atoms with E-state index >= 15 is 0 Å². The predicted molar refractivity (Wildman–Crippen MR) is 49.2 cm³/mol. The maximum Gasteiger partial charge on any atom is 0.288 e. The molecule has 0 aliphatic heterocycles. The number of hydrogen-bond donors (Lipinski definition) is 1. The van der Waals surface area contributed by atoms with Crippen molar-refractivity contribution in [2.75, 3.05) is 0 Å². The molecule has 3 nitrogen and oxygen atoms in total. The van der Waals surface area contributed by atoms with E-state index in [4.69, 9.17) is 10.8 Å². The van der Waals surface area contributed by atoms with Crippen molar-refractivity contribution in [3.05, 3.63) is 23.7 Å². The molecule has 0 saturated heterocycles. The van der Waals surface area contributed by atoms with E-state index in [1.807, 2.05) is 0 Å². The van der Waals surface area contributed by atoms with Crippen molar-refractivity contribution in [3.63, 3.8) is 0 Å². The second-order valence-electron chi connectivity index (χ2n) is 2.79. The number of nitrogens with one attached hydrogen (secondary N) is 1. The van der Waals surface area contributed by atoms with Gasteiger partial charge in [0.1, 0.15) is 0 Å². The molecule has 1 aromatic heterocycles. The molecule has 0 saturated carbocycles. The fourth-order valence-electron chi connectivity index (χ4n) is 0.909. The third-order valence-electron chi connectivity index (χ3n) is 1.67. The van der Waals surface area contributed by atoms with Gasteiger partial charge in [-0.05, 0) is 19.9 Å². The summed E-state index contributed by atoms with van der Waals surface area (Å²) in [5, 5.41) is 2.60. The Kier molecular flexibility index (Phi) is 2.76. The molecule has 13 heavy (non-hydrogen) atoms. The first kappa shape index (κ1) is 9.40. The fourth-order valence-corrected chi connectivity index (χ4v) is 0.909. The topological polar surface area (TPSA) is 42.2 Å². The average molecular weight is 177 g/mol. The molecule has 68 valence electrons. The molecule has 0 aliphatic rings. The van der Waals surface area contributed by atoms with Crippen LogP contribution in [0.5, 0.6) is 0 Å². The van der Waals surface area contributed by atoms with Gasteiger partial charge in [0.2, 0.25) is 0 Å². The summed E-state index contributed by atoms with van der Waals surface area (Å²) >= 11 is 0. The SMILES string of the molecule is C#CC(C)NC(=O)c1occc1C. The van der Waals surface area contributed by atoms with Crippen molar-refractivity contribution in [2.24, 2.45) is 0 Å². The van der Waals surface area contributed by atoms with Crippen LogP contribution >= 0.6 is 0 Å². The Morgan fingerprint density at radius 3 is 2.92 bits per heavy atom. The quantitative estimate of drug-likeness (QED) is 0.692. The Balaban J connectivity index is 2.71. The number of furan rings is 1. The number of hydrogen-bond acceptors (Lipinski definition) is 2. The third kappa shape index (κ3) is 2.12. The van der Waals surface area contributed by atoms with Crippen LogP contribution in [0, 0.1) is 19.3 Å². The highest BCUT2D eigenvalue weighted by molar-refractivity contribution is 5.93. The van der Waals surface area contributed by atoms with Gasteiger partial charge in [-0.1, -0.05) is 5.92 Å². The number of carbonyl (C=O) groups excluding carboxylic acids is 1. The molecule has 1 rings (SSSR count). The summed E-state index contributed by atoms with van der Waals surface area (Å²) in [6.45, 7) is 3.54. The molecular formula is C10H11NO2. The minimum Gasteiger partial charge on any atom is -0.459 e. The lowest BCUT2D eigenvalue weighted by atomic mass is 10.2. The largest absolute Gasteiger partial charge is 0.459 e. The van der Waals surface area contributed by atoms with Gasteiger partial charge in [-0.2, -0.15) is 0 Å². The van der Waals surface area contributed by atoms with Crippen molar-refractivity contribution in [1.82, 2.24) is 5.32 Å². The molecule has 1 heterocycles. The van der Waals surface area contributed by atoms with Crippen molar-refractivity contribution in [2.45, 2.75) is 19.9 Å². The van der Waals surface area contributed by atoms with E-state index in [2.05, 4.69) is 11.2 Å². The van der Waals surface area contributed by atoms with Gasteiger partial charge < -0.3 is 9.73 Å². The normalized spacial score (nSPS) is 11.8. The molecule has 1 aromatic rings. The minimum absolute atomic E-state index is 0.270. The molecule has 1 amide bonds. The van der Waals surface area contributed by atoms with Gasteiger partial charge in [-0.15, -0.1) is 6.42 Å². The first-order valence-electron chi connectivity index (χ1n) is 3.96. The Labute approximate surface area is 77.1 Å². The zero-order valence-electron chi connectivity index (χ0n) is 7.63. The predicted octanol–water partition coefficient (Wildman–Crippen LogP) is 1.34. The molecule has 0 aromatic carbocycles. The molecule has 0 radical (unpaired) electrons. The van der Waals surface area contributed by atoms with Gasteiger partial charge in [0.25, 0.3) is 5.91 Å². The highest BCUT2D eigenvalue weighted by Crippen LogP contribution is 2.08. The Morgan fingerprint density at radius 2 is 2.46 bits per heavy atom. The van der Waals surface area contributed by atoms with Crippen LogP contribution in [0.4, 0.5) is 0 Å². The van der Waals surface area contributed by atoms with Crippen LogP contribution < -0.4 is 5.32 Å². The van der Waals surface area contributed by atoms with Gasteiger partial charge in [0.05, 0.1) is 12.3 Å². The number of terminal acetylenes is 1. The van der Waals surface area contributed by atoms with Gasteiger partial charge >= 0.3 is 0 Å². The van der Waals surface area contributed by atoms with Gasteiger partial charge in [0.15, 0.2) is 5.76 Å². The smallest absolute Gasteiger partial charge is 0.288 e. The lowest BCUT2D eigenvalue weighted by molar-refractivity contribution is 0.0919. The highest BCUT2D eigenvalue weighted by Gasteiger charge is 2.13. The molecular weight excluding hydrogens is 166 g/mol. The van der Waals surface area contributed by atoms with E-state index in [0.29, 0.717) is 5.76 Å². The number of rotatable bonds is 2. The molecule has 1 unspecified atom stereocenters. The van der Waals surface area contributed by atoms with E-state index in [9.17, 15) is 4.79 Å². The van der Waals surface area contributed by atoms with Gasteiger partial charge in [-0.25, -0.2) is 0 Å². The molecule has 1 N–H and O–H groups in total. The second kappa shape index (κ2) is 3.81. The Hall–Kier alpha value is -1.69. The maximum atomic E-state index is 11.4. The van der Waals surface area contributed by atoms with Crippen LogP contribution in [-0.2, 0) is 0 Å². The van der Waals surface area contributed by atoms with Crippen LogP contribution in [0.3, 0.4) is 0 Å². The molecule has 0 spiro atoms. The summed E-state index contributed by atoms with van der Waals surface area (Å²) in [5.41, 5.74) is 0.807. The zero-order valence-corrected chi connectivity index (χ0v) is 7.63. The summed E-state index contributed by atoms with van der Waals surface area (Å²) in [5.74, 6) is 2.45. The molecule has 1 atom stereocenters. The lowest BCUT2D eigenvalue weighted by Gasteiger charge is -2.05. The first-order valence-corrected chi connectivity index (χ1v) is 3.96.